The van der Waals surface area contributed by atoms with E-state index < -0.39 is 0 Å². The number of aliphatic imine (C=N–C) groups is 1. The van der Waals surface area contributed by atoms with Crippen molar-refractivity contribution < 1.29 is 9.53 Å². The van der Waals surface area contributed by atoms with Crippen molar-refractivity contribution in [3.05, 3.63) is 35.4 Å². The molecule has 0 bridgehead atoms. The standard InChI is InChI=1S/C20H32N4O2.HI/c1-5-19(25)24-10-9-18(13-24)23-20(21-4)22-12-16-7-6-8-17(11-16)14-26-15(2)3;/h6-8,11,15,18H,5,9-10,12-14H2,1-4H3,(H2,21,22,23);1H. The molecule has 1 atom stereocenters. The minimum Gasteiger partial charge on any atom is -0.374 e. The molecule has 1 aliphatic heterocycles. The van der Waals surface area contributed by atoms with Gasteiger partial charge in [0.05, 0.1) is 12.7 Å². The summed E-state index contributed by atoms with van der Waals surface area (Å²) < 4.78 is 5.67. The number of benzene rings is 1. The predicted octanol–water partition coefficient (Wildman–Crippen LogP) is 2.91. The van der Waals surface area contributed by atoms with E-state index in [0.29, 0.717) is 19.6 Å². The summed E-state index contributed by atoms with van der Waals surface area (Å²) in [5, 5.41) is 6.78. The molecule has 1 saturated heterocycles. The van der Waals surface area contributed by atoms with E-state index in [-0.39, 0.29) is 42.0 Å². The summed E-state index contributed by atoms with van der Waals surface area (Å²) in [4.78, 5) is 18.0. The molecule has 2 rings (SSSR count). The van der Waals surface area contributed by atoms with Crippen molar-refractivity contribution in [3.63, 3.8) is 0 Å². The summed E-state index contributed by atoms with van der Waals surface area (Å²) in [5.74, 6) is 0.988. The number of carbonyl (C=O) groups is 1. The Morgan fingerprint density at radius 2 is 2.11 bits per heavy atom. The Morgan fingerprint density at radius 1 is 1.37 bits per heavy atom. The minimum atomic E-state index is 0. The highest BCUT2D eigenvalue weighted by Crippen LogP contribution is 2.11. The van der Waals surface area contributed by atoms with Crippen LogP contribution in [-0.2, 0) is 22.7 Å². The van der Waals surface area contributed by atoms with Crippen molar-refractivity contribution in [2.45, 2.75) is 58.9 Å². The maximum Gasteiger partial charge on any atom is 0.222 e. The Balaban J connectivity index is 0.00000364. The minimum absolute atomic E-state index is 0. The molecule has 0 aromatic heterocycles. The quantitative estimate of drug-likeness (QED) is 0.352. The fraction of sp³-hybridized carbons (Fsp3) is 0.600. The van der Waals surface area contributed by atoms with Gasteiger partial charge in [-0.2, -0.15) is 0 Å². The lowest BCUT2D eigenvalue weighted by molar-refractivity contribution is -0.129. The third kappa shape index (κ3) is 8.04. The van der Waals surface area contributed by atoms with Gasteiger partial charge in [0.25, 0.3) is 0 Å². The van der Waals surface area contributed by atoms with Crippen molar-refractivity contribution in [2.75, 3.05) is 20.1 Å². The molecule has 1 aromatic rings. The van der Waals surface area contributed by atoms with Gasteiger partial charge in [0.1, 0.15) is 0 Å². The number of amides is 1. The van der Waals surface area contributed by atoms with Crippen molar-refractivity contribution >= 4 is 35.8 Å². The Hall–Kier alpha value is -1.35. The maximum atomic E-state index is 11.8. The third-order valence-corrected chi connectivity index (χ3v) is 4.44. The molecule has 0 aliphatic carbocycles. The van der Waals surface area contributed by atoms with E-state index in [1.165, 1.54) is 11.1 Å². The highest BCUT2D eigenvalue weighted by molar-refractivity contribution is 14.0. The van der Waals surface area contributed by atoms with E-state index in [9.17, 15) is 4.79 Å². The first-order valence-electron chi connectivity index (χ1n) is 9.46. The van der Waals surface area contributed by atoms with Gasteiger partial charge in [-0.05, 0) is 31.4 Å². The molecule has 1 heterocycles. The number of nitrogens with zero attached hydrogens (tertiary/aromatic N) is 2. The summed E-state index contributed by atoms with van der Waals surface area (Å²) >= 11 is 0. The molecule has 6 nitrogen and oxygen atoms in total. The largest absolute Gasteiger partial charge is 0.374 e. The summed E-state index contributed by atoms with van der Waals surface area (Å²) in [6, 6.07) is 8.63. The summed E-state index contributed by atoms with van der Waals surface area (Å²) in [7, 11) is 1.77. The molecule has 1 aliphatic rings. The topological polar surface area (TPSA) is 66.0 Å². The van der Waals surface area contributed by atoms with Gasteiger partial charge in [0.15, 0.2) is 5.96 Å². The van der Waals surface area contributed by atoms with Crippen molar-refractivity contribution in [1.82, 2.24) is 15.5 Å². The average molecular weight is 488 g/mol. The Labute approximate surface area is 180 Å². The molecule has 2 N–H and O–H groups in total. The first-order valence-corrected chi connectivity index (χ1v) is 9.46. The second-order valence-corrected chi connectivity index (χ2v) is 6.93. The zero-order valence-electron chi connectivity index (χ0n) is 16.8. The Kier molecular flexibility index (Phi) is 10.7. The Morgan fingerprint density at radius 3 is 2.78 bits per heavy atom. The van der Waals surface area contributed by atoms with Gasteiger partial charge in [-0.3, -0.25) is 9.79 Å². The number of guanidine groups is 1. The number of rotatable bonds is 7. The molecule has 27 heavy (non-hydrogen) atoms. The highest BCUT2D eigenvalue weighted by Gasteiger charge is 2.25. The number of carbonyl (C=O) groups excluding carboxylic acids is 1. The van der Waals surface area contributed by atoms with Crippen LogP contribution >= 0.6 is 24.0 Å². The lowest BCUT2D eigenvalue weighted by Gasteiger charge is -2.19. The van der Waals surface area contributed by atoms with E-state index in [1.54, 1.807) is 7.05 Å². The van der Waals surface area contributed by atoms with Crippen LogP contribution in [0.1, 0.15) is 44.7 Å². The van der Waals surface area contributed by atoms with Gasteiger partial charge < -0.3 is 20.3 Å². The summed E-state index contributed by atoms with van der Waals surface area (Å²) in [6.45, 7) is 8.87. The van der Waals surface area contributed by atoms with Gasteiger partial charge in [0, 0.05) is 39.1 Å². The van der Waals surface area contributed by atoms with Crippen LogP contribution in [0, 0.1) is 0 Å². The first kappa shape index (κ1) is 23.7. The normalized spacial score (nSPS) is 17.0. The first-order chi connectivity index (χ1) is 12.5. The highest BCUT2D eigenvalue weighted by atomic mass is 127. The van der Waals surface area contributed by atoms with Gasteiger partial charge in [0.2, 0.25) is 5.91 Å². The van der Waals surface area contributed by atoms with E-state index >= 15 is 0 Å². The fourth-order valence-electron chi connectivity index (χ4n) is 2.99. The number of likely N-dealkylation sites (tertiary alicyclic amines) is 1. The number of halogens is 1. The molecular formula is C20H33IN4O2. The second-order valence-electron chi connectivity index (χ2n) is 6.93. The molecule has 152 valence electrons. The van der Waals surface area contributed by atoms with Gasteiger partial charge in [-0.15, -0.1) is 24.0 Å². The molecule has 0 radical (unpaired) electrons. The SMILES string of the molecule is CCC(=O)N1CCC(NC(=NC)NCc2cccc(COC(C)C)c2)C1.I. The molecule has 1 amide bonds. The average Bonchev–Trinajstić information content (AvgIpc) is 3.11. The van der Waals surface area contributed by atoms with Crippen LogP contribution in [0.5, 0.6) is 0 Å². The Bertz CT molecular complexity index is 622. The van der Waals surface area contributed by atoms with E-state index in [0.717, 1.165) is 25.5 Å². The lowest BCUT2D eigenvalue weighted by Crippen LogP contribution is -2.44. The molecule has 1 unspecified atom stereocenters. The number of ether oxygens (including phenoxy) is 1. The molecule has 0 spiro atoms. The van der Waals surface area contributed by atoms with E-state index in [1.807, 2.05) is 25.7 Å². The van der Waals surface area contributed by atoms with Crippen molar-refractivity contribution in [2.24, 2.45) is 4.99 Å². The van der Waals surface area contributed by atoms with E-state index in [4.69, 9.17) is 4.74 Å². The zero-order chi connectivity index (χ0) is 18.9. The molecule has 7 heteroatoms. The fourth-order valence-corrected chi connectivity index (χ4v) is 2.99. The van der Waals surface area contributed by atoms with Crippen LogP contribution in [0.15, 0.2) is 29.3 Å². The van der Waals surface area contributed by atoms with Crippen LogP contribution < -0.4 is 10.6 Å². The monoisotopic (exact) mass is 488 g/mol. The van der Waals surface area contributed by atoms with Crippen molar-refractivity contribution in [1.29, 1.82) is 0 Å². The third-order valence-electron chi connectivity index (χ3n) is 4.44. The van der Waals surface area contributed by atoms with E-state index in [2.05, 4.69) is 39.9 Å². The van der Waals surface area contributed by atoms with Crippen molar-refractivity contribution in [3.8, 4) is 0 Å². The molecule has 1 fully saturated rings. The van der Waals surface area contributed by atoms with Crippen LogP contribution in [0.3, 0.4) is 0 Å². The number of nitrogens with one attached hydrogen (secondary N) is 2. The van der Waals surface area contributed by atoms with Gasteiger partial charge in [-0.25, -0.2) is 0 Å². The smallest absolute Gasteiger partial charge is 0.222 e. The van der Waals surface area contributed by atoms with Crippen LogP contribution in [0.4, 0.5) is 0 Å². The number of hydrogen-bond acceptors (Lipinski definition) is 3. The molecule has 0 saturated carbocycles. The van der Waals surface area contributed by atoms with Crippen LogP contribution in [0.2, 0.25) is 0 Å². The van der Waals surface area contributed by atoms with Gasteiger partial charge in [-0.1, -0.05) is 31.2 Å². The van der Waals surface area contributed by atoms with Gasteiger partial charge >= 0.3 is 0 Å². The van der Waals surface area contributed by atoms with Crippen LogP contribution in [-0.4, -0.2) is 49.0 Å². The number of hydrogen-bond donors (Lipinski definition) is 2. The summed E-state index contributed by atoms with van der Waals surface area (Å²) in [6.07, 6.45) is 1.75. The lowest BCUT2D eigenvalue weighted by atomic mass is 10.1. The zero-order valence-corrected chi connectivity index (χ0v) is 19.2. The second kappa shape index (κ2) is 12.2. The summed E-state index contributed by atoms with van der Waals surface area (Å²) in [5.41, 5.74) is 2.36. The molecule has 1 aromatic carbocycles. The predicted molar refractivity (Wildman–Crippen MR) is 120 cm³/mol. The maximum absolute atomic E-state index is 11.8. The van der Waals surface area contributed by atoms with Crippen LogP contribution in [0.25, 0.3) is 0 Å². The molecular weight excluding hydrogens is 455 g/mol.